The van der Waals surface area contributed by atoms with Crippen molar-refractivity contribution in [3.63, 3.8) is 0 Å². The van der Waals surface area contributed by atoms with E-state index in [0.29, 0.717) is 24.4 Å². The highest BCUT2D eigenvalue weighted by Gasteiger charge is 2.20. The van der Waals surface area contributed by atoms with Gasteiger partial charge in [0.25, 0.3) is 5.91 Å². The van der Waals surface area contributed by atoms with Crippen LogP contribution in [0.15, 0.2) is 51.8 Å². The Morgan fingerprint density at radius 2 is 1.76 bits per heavy atom. The van der Waals surface area contributed by atoms with Crippen LogP contribution < -0.4 is 14.8 Å². The molecule has 0 bridgehead atoms. The average Bonchev–Trinajstić information content (AvgIpc) is 2.65. The van der Waals surface area contributed by atoms with Gasteiger partial charge in [-0.25, -0.2) is 13.1 Å². The van der Waals surface area contributed by atoms with E-state index in [1.807, 2.05) is 25.1 Å². The summed E-state index contributed by atoms with van der Waals surface area (Å²) in [5, 5.41) is 2.72. The Hall–Kier alpha value is -1.90. The standard InChI is InChI=1S/C21H27BrN2O4S/c1-5-12-23-29(26,27)17-9-7-16(8-10-17)24-20(25)14-28-19-11-6-15(22)13-18(19)21(2,3)4/h6-11,13,23H,5,12,14H2,1-4H3,(H,24,25). The van der Waals surface area contributed by atoms with Gasteiger partial charge < -0.3 is 10.1 Å². The molecule has 2 N–H and O–H groups in total. The number of carbonyl (C=O) groups is 1. The van der Waals surface area contributed by atoms with Crippen LogP contribution in [0, 0.1) is 0 Å². The van der Waals surface area contributed by atoms with Crippen LogP contribution in [0.1, 0.15) is 39.7 Å². The Kier molecular flexibility index (Phi) is 7.85. The fourth-order valence-electron chi connectivity index (χ4n) is 2.59. The van der Waals surface area contributed by atoms with Crippen LogP contribution in [0.3, 0.4) is 0 Å². The second-order valence-corrected chi connectivity index (χ2v) is 10.3. The average molecular weight is 483 g/mol. The van der Waals surface area contributed by atoms with Crippen molar-refractivity contribution in [2.45, 2.75) is 44.4 Å². The Morgan fingerprint density at radius 1 is 1.10 bits per heavy atom. The fourth-order valence-corrected chi connectivity index (χ4v) is 4.09. The quantitative estimate of drug-likeness (QED) is 0.581. The number of carbonyl (C=O) groups excluding carboxylic acids is 1. The first-order chi connectivity index (χ1) is 13.5. The number of amides is 1. The van der Waals surface area contributed by atoms with Gasteiger partial charge >= 0.3 is 0 Å². The number of benzene rings is 2. The second kappa shape index (κ2) is 9.73. The number of ether oxygens (including phenoxy) is 1. The van der Waals surface area contributed by atoms with Crippen molar-refractivity contribution >= 4 is 37.5 Å². The molecule has 1 amide bonds. The van der Waals surface area contributed by atoms with Gasteiger partial charge in [0.15, 0.2) is 6.61 Å². The molecule has 6 nitrogen and oxygen atoms in total. The van der Waals surface area contributed by atoms with Crippen LogP contribution >= 0.6 is 15.9 Å². The van der Waals surface area contributed by atoms with E-state index < -0.39 is 10.0 Å². The van der Waals surface area contributed by atoms with E-state index in [0.717, 1.165) is 10.0 Å². The zero-order chi connectivity index (χ0) is 21.7. The van der Waals surface area contributed by atoms with Crippen molar-refractivity contribution in [3.05, 3.63) is 52.5 Å². The Labute approximate surface area is 181 Å². The van der Waals surface area contributed by atoms with Gasteiger partial charge in [-0.1, -0.05) is 43.6 Å². The monoisotopic (exact) mass is 482 g/mol. The van der Waals surface area contributed by atoms with E-state index in [4.69, 9.17) is 4.74 Å². The van der Waals surface area contributed by atoms with Crippen LogP contribution in [0.25, 0.3) is 0 Å². The van der Waals surface area contributed by atoms with E-state index in [1.165, 1.54) is 12.1 Å². The third-order valence-electron chi connectivity index (χ3n) is 4.10. The number of hydrogen-bond acceptors (Lipinski definition) is 4. The molecule has 0 aromatic heterocycles. The molecule has 0 spiro atoms. The van der Waals surface area contributed by atoms with Crippen molar-refractivity contribution in [2.24, 2.45) is 0 Å². The third kappa shape index (κ3) is 6.83. The van der Waals surface area contributed by atoms with Crippen LogP contribution in [-0.4, -0.2) is 27.5 Å². The third-order valence-corrected chi connectivity index (χ3v) is 6.07. The van der Waals surface area contributed by atoms with Crippen LogP contribution in [0.5, 0.6) is 5.75 Å². The second-order valence-electron chi connectivity index (χ2n) is 7.65. The van der Waals surface area contributed by atoms with Crippen molar-refractivity contribution in [3.8, 4) is 5.75 Å². The maximum Gasteiger partial charge on any atom is 0.262 e. The smallest absolute Gasteiger partial charge is 0.262 e. The summed E-state index contributed by atoms with van der Waals surface area (Å²) >= 11 is 3.46. The molecule has 29 heavy (non-hydrogen) atoms. The number of anilines is 1. The lowest BCUT2D eigenvalue weighted by Crippen LogP contribution is -2.24. The SMILES string of the molecule is CCCNS(=O)(=O)c1ccc(NC(=O)COc2ccc(Br)cc2C(C)(C)C)cc1. The highest BCUT2D eigenvalue weighted by Crippen LogP contribution is 2.33. The van der Waals surface area contributed by atoms with E-state index in [2.05, 4.69) is 46.7 Å². The van der Waals surface area contributed by atoms with Gasteiger partial charge in [-0.15, -0.1) is 0 Å². The van der Waals surface area contributed by atoms with Gasteiger partial charge in [0, 0.05) is 22.3 Å². The number of nitrogens with one attached hydrogen (secondary N) is 2. The van der Waals surface area contributed by atoms with E-state index in [9.17, 15) is 13.2 Å². The molecule has 2 rings (SSSR count). The fraction of sp³-hybridized carbons (Fsp3) is 0.381. The number of halogens is 1. The molecule has 8 heteroatoms. The normalized spacial score (nSPS) is 11.9. The highest BCUT2D eigenvalue weighted by molar-refractivity contribution is 9.10. The molecule has 0 fully saturated rings. The van der Waals surface area contributed by atoms with Gasteiger partial charge in [-0.3, -0.25) is 4.79 Å². The van der Waals surface area contributed by atoms with Crippen LogP contribution in [0.2, 0.25) is 0 Å². The number of hydrogen-bond donors (Lipinski definition) is 2. The van der Waals surface area contributed by atoms with E-state index in [-0.39, 0.29) is 22.8 Å². The zero-order valence-electron chi connectivity index (χ0n) is 17.1. The van der Waals surface area contributed by atoms with E-state index in [1.54, 1.807) is 12.1 Å². The van der Waals surface area contributed by atoms with Gasteiger partial charge in [0.05, 0.1) is 4.90 Å². The molecule has 0 unspecified atom stereocenters. The summed E-state index contributed by atoms with van der Waals surface area (Å²) in [4.78, 5) is 12.4. The minimum absolute atomic E-state index is 0.136. The van der Waals surface area contributed by atoms with Gasteiger partial charge in [0.1, 0.15) is 5.75 Å². The first-order valence-electron chi connectivity index (χ1n) is 9.35. The summed E-state index contributed by atoms with van der Waals surface area (Å²) in [6.45, 7) is 8.35. The summed E-state index contributed by atoms with van der Waals surface area (Å²) < 4.78 is 33.4. The minimum Gasteiger partial charge on any atom is -0.483 e. The lowest BCUT2D eigenvalue weighted by molar-refractivity contribution is -0.118. The maximum atomic E-state index is 12.3. The molecule has 0 atom stereocenters. The first-order valence-corrected chi connectivity index (χ1v) is 11.6. The van der Waals surface area contributed by atoms with Crippen molar-refractivity contribution in [2.75, 3.05) is 18.5 Å². The largest absolute Gasteiger partial charge is 0.483 e. The maximum absolute atomic E-state index is 12.3. The lowest BCUT2D eigenvalue weighted by atomic mass is 9.86. The number of rotatable bonds is 8. The molecular weight excluding hydrogens is 456 g/mol. The molecular formula is C21H27BrN2O4S. The molecule has 0 aliphatic heterocycles. The molecule has 158 valence electrons. The Bertz CT molecular complexity index is 952. The van der Waals surface area contributed by atoms with Crippen LogP contribution in [-0.2, 0) is 20.2 Å². The zero-order valence-corrected chi connectivity index (χ0v) is 19.5. The predicted octanol–water partition coefficient (Wildman–Crippen LogP) is 4.45. The molecule has 2 aromatic rings. The molecule has 0 heterocycles. The minimum atomic E-state index is -3.53. The van der Waals surface area contributed by atoms with Crippen LogP contribution in [0.4, 0.5) is 5.69 Å². The first kappa shape index (κ1) is 23.4. The summed E-state index contributed by atoms with van der Waals surface area (Å²) in [5.41, 5.74) is 1.36. The molecule has 0 saturated carbocycles. The molecule has 0 saturated heterocycles. The van der Waals surface area contributed by atoms with Gasteiger partial charge in [0.2, 0.25) is 10.0 Å². The highest BCUT2D eigenvalue weighted by atomic mass is 79.9. The molecule has 0 radical (unpaired) electrons. The van der Waals surface area contributed by atoms with Crippen molar-refractivity contribution < 1.29 is 17.9 Å². The summed E-state index contributed by atoms with van der Waals surface area (Å²) in [7, 11) is -3.53. The summed E-state index contributed by atoms with van der Waals surface area (Å²) in [5.74, 6) is 0.326. The topological polar surface area (TPSA) is 84.5 Å². The molecule has 0 aliphatic carbocycles. The summed E-state index contributed by atoms with van der Waals surface area (Å²) in [6, 6.07) is 11.7. The predicted molar refractivity (Wildman–Crippen MR) is 119 cm³/mol. The number of sulfonamides is 1. The van der Waals surface area contributed by atoms with Gasteiger partial charge in [-0.2, -0.15) is 0 Å². The van der Waals surface area contributed by atoms with Crippen molar-refractivity contribution in [1.82, 2.24) is 4.72 Å². The Morgan fingerprint density at radius 3 is 2.34 bits per heavy atom. The summed E-state index contributed by atoms with van der Waals surface area (Å²) in [6.07, 6.45) is 0.711. The van der Waals surface area contributed by atoms with Crippen molar-refractivity contribution in [1.29, 1.82) is 0 Å². The lowest BCUT2D eigenvalue weighted by Gasteiger charge is -2.23. The molecule has 0 aliphatic rings. The van der Waals surface area contributed by atoms with Gasteiger partial charge in [-0.05, 0) is 54.3 Å². The Balaban J connectivity index is 2.00. The van der Waals surface area contributed by atoms with E-state index >= 15 is 0 Å². The molecule has 2 aromatic carbocycles.